The SMILES string of the molecule is CN(C(=O)NCC1CCCO1)C1CCN(c2ccccc2)C1=O. The summed E-state index contributed by atoms with van der Waals surface area (Å²) < 4.78 is 5.50. The summed E-state index contributed by atoms with van der Waals surface area (Å²) in [5, 5.41) is 2.87. The molecule has 2 fully saturated rings. The van der Waals surface area contributed by atoms with Crippen molar-refractivity contribution in [2.45, 2.75) is 31.4 Å². The number of rotatable bonds is 4. The summed E-state index contributed by atoms with van der Waals surface area (Å²) in [5.41, 5.74) is 0.883. The number of nitrogens with zero attached hydrogens (tertiary/aromatic N) is 2. The maximum Gasteiger partial charge on any atom is 0.317 e. The summed E-state index contributed by atoms with van der Waals surface area (Å²) in [4.78, 5) is 28.1. The first-order valence-corrected chi connectivity index (χ1v) is 8.15. The number of amides is 3. The van der Waals surface area contributed by atoms with Crippen molar-refractivity contribution in [3.8, 4) is 0 Å². The number of urea groups is 1. The van der Waals surface area contributed by atoms with Crippen LogP contribution in [0.2, 0.25) is 0 Å². The highest BCUT2D eigenvalue weighted by atomic mass is 16.5. The van der Waals surface area contributed by atoms with Crippen LogP contribution in [0.5, 0.6) is 0 Å². The van der Waals surface area contributed by atoms with Crippen molar-refractivity contribution in [3.05, 3.63) is 30.3 Å². The second-order valence-corrected chi connectivity index (χ2v) is 6.06. The standard InChI is InChI=1S/C17H23N3O3/c1-19(17(22)18-12-14-8-5-11-23-14)15-9-10-20(16(15)21)13-6-3-2-4-7-13/h2-4,6-7,14-15H,5,8-12H2,1H3,(H,18,22). The minimum atomic E-state index is -0.403. The topological polar surface area (TPSA) is 61.9 Å². The van der Waals surface area contributed by atoms with Crippen LogP contribution in [0.1, 0.15) is 19.3 Å². The van der Waals surface area contributed by atoms with E-state index in [-0.39, 0.29) is 18.0 Å². The molecule has 2 aliphatic rings. The van der Waals surface area contributed by atoms with Crippen LogP contribution in [-0.2, 0) is 9.53 Å². The Balaban J connectivity index is 1.56. The van der Waals surface area contributed by atoms with E-state index >= 15 is 0 Å². The molecule has 6 nitrogen and oxygen atoms in total. The predicted molar refractivity (Wildman–Crippen MR) is 87.3 cm³/mol. The molecule has 0 bridgehead atoms. The highest BCUT2D eigenvalue weighted by molar-refractivity contribution is 6.01. The number of benzene rings is 1. The number of likely N-dealkylation sites (N-methyl/N-ethyl adjacent to an activating group) is 1. The molecule has 23 heavy (non-hydrogen) atoms. The minimum Gasteiger partial charge on any atom is -0.376 e. The normalized spacial score (nSPS) is 24.0. The first-order chi connectivity index (χ1) is 11.2. The van der Waals surface area contributed by atoms with Gasteiger partial charge in [0.1, 0.15) is 6.04 Å². The Morgan fingerprint density at radius 1 is 1.35 bits per heavy atom. The fourth-order valence-corrected chi connectivity index (χ4v) is 3.16. The van der Waals surface area contributed by atoms with Gasteiger partial charge in [0.25, 0.3) is 0 Å². The van der Waals surface area contributed by atoms with Gasteiger partial charge in [0.15, 0.2) is 0 Å². The molecular formula is C17H23N3O3. The van der Waals surface area contributed by atoms with Crippen molar-refractivity contribution < 1.29 is 14.3 Å². The fraction of sp³-hybridized carbons (Fsp3) is 0.529. The van der Waals surface area contributed by atoms with Gasteiger partial charge in [0, 0.05) is 32.4 Å². The number of anilines is 1. The van der Waals surface area contributed by atoms with Crippen LogP contribution in [0, 0.1) is 0 Å². The number of para-hydroxylation sites is 1. The van der Waals surface area contributed by atoms with Gasteiger partial charge in [-0.3, -0.25) is 4.79 Å². The van der Waals surface area contributed by atoms with E-state index in [9.17, 15) is 9.59 Å². The Morgan fingerprint density at radius 3 is 2.83 bits per heavy atom. The van der Waals surface area contributed by atoms with Gasteiger partial charge in [-0.25, -0.2) is 4.79 Å². The first-order valence-electron chi connectivity index (χ1n) is 8.15. The molecule has 1 N–H and O–H groups in total. The monoisotopic (exact) mass is 317 g/mol. The average Bonchev–Trinajstić information content (AvgIpc) is 3.22. The maximum absolute atomic E-state index is 12.6. The molecule has 3 rings (SSSR count). The number of hydrogen-bond donors (Lipinski definition) is 1. The van der Waals surface area contributed by atoms with E-state index in [2.05, 4.69) is 5.32 Å². The van der Waals surface area contributed by atoms with Crippen molar-refractivity contribution in [1.82, 2.24) is 10.2 Å². The Morgan fingerprint density at radius 2 is 2.13 bits per heavy atom. The molecule has 2 unspecified atom stereocenters. The summed E-state index contributed by atoms with van der Waals surface area (Å²) in [6.45, 7) is 1.91. The highest BCUT2D eigenvalue weighted by Crippen LogP contribution is 2.23. The van der Waals surface area contributed by atoms with E-state index in [0.29, 0.717) is 19.5 Å². The van der Waals surface area contributed by atoms with Gasteiger partial charge >= 0.3 is 6.03 Å². The summed E-state index contributed by atoms with van der Waals surface area (Å²) >= 11 is 0. The number of carbonyl (C=O) groups excluding carboxylic acids is 2. The molecule has 0 radical (unpaired) electrons. The van der Waals surface area contributed by atoms with Gasteiger partial charge in [-0.05, 0) is 31.4 Å². The zero-order valence-corrected chi connectivity index (χ0v) is 13.4. The molecule has 0 saturated carbocycles. The lowest BCUT2D eigenvalue weighted by molar-refractivity contribution is -0.120. The Bertz CT molecular complexity index is 557. The maximum atomic E-state index is 12.6. The summed E-state index contributed by atoms with van der Waals surface area (Å²) in [5.74, 6) is -0.0223. The zero-order chi connectivity index (χ0) is 16.2. The van der Waals surface area contributed by atoms with Crippen LogP contribution in [0.25, 0.3) is 0 Å². The second-order valence-electron chi connectivity index (χ2n) is 6.06. The molecule has 3 amide bonds. The summed E-state index contributed by atoms with van der Waals surface area (Å²) in [6, 6.07) is 8.96. The lowest BCUT2D eigenvalue weighted by atomic mass is 10.2. The molecule has 0 aliphatic carbocycles. The van der Waals surface area contributed by atoms with Crippen molar-refractivity contribution in [2.24, 2.45) is 0 Å². The quantitative estimate of drug-likeness (QED) is 0.918. The number of ether oxygens (including phenoxy) is 1. The molecule has 1 aromatic carbocycles. The predicted octanol–water partition coefficient (Wildman–Crippen LogP) is 1.61. The third-order valence-corrected chi connectivity index (χ3v) is 4.54. The van der Waals surface area contributed by atoms with Gasteiger partial charge < -0.3 is 19.9 Å². The number of carbonyl (C=O) groups is 2. The van der Waals surface area contributed by atoms with Crippen LogP contribution in [-0.4, -0.2) is 55.7 Å². The van der Waals surface area contributed by atoms with Crippen molar-refractivity contribution >= 4 is 17.6 Å². The van der Waals surface area contributed by atoms with Gasteiger partial charge in [0.05, 0.1) is 6.10 Å². The zero-order valence-electron chi connectivity index (χ0n) is 13.4. The lowest BCUT2D eigenvalue weighted by Crippen LogP contribution is -2.48. The Kier molecular flexibility index (Phi) is 4.81. The van der Waals surface area contributed by atoms with E-state index < -0.39 is 6.04 Å². The summed E-state index contributed by atoms with van der Waals surface area (Å²) in [7, 11) is 1.68. The molecule has 2 saturated heterocycles. The number of hydrogen-bond acceptors (Lipinski definition) is 3. The third-order valence-electron chi connectivity index (χ3n) is 4.54. The van der Waals surface area contributed by atoms with E-state index in [0.717, 1.165) is 25.1 Å². The lowest BCUT2D eigenvalue weighted by Gasteiger charge is -2.25. The van der Waals surface area contributed by atoms with Crippen LogP contribution in [0.15, 0.2) is 30.3 Å². The van der Waals surface area contributed by atoms with Gasteiger partial charge in [-0.15, -0.1) is 0 Å². The van der Waals surface area contributed by atoms with Crippen LogP contribution in [0.3, 0.4) is 0 Å². The van der Waals surface area contributed by atoms with Gasteiger partial charge in [-0.1, -0.05) is 18.2 Å². The fourth-order valence-electron chi connectivity index (χ4n) is 3.16. The van der Waals surface area contributed by atoms with Crippen molar-refractivity contribution in [1.29, 1.82) is 0 Å². The molecule has 2 aliphatic heterocycles. The van der Waals surface area contributed by atoms with E-state index in [1.54, 1.807) is 11.9 Å². The van der Waals surface area contributed by atoms with E-state index in [1.165, 1.54) is 4.90 Å². The van der Waals surface area contributed by atoms with Crippen molar-refractivity contribution in [3.63, 3.8) is 0 Å². The molecule has 2 atom stereocenters. The van der Waals surface area contributed by atoms with E-state index in [4.69, 9.17) is 4.74 Å². The van der Waals surface area contributed by atoms with Crippen LogP contribution in [0.4, 0.5) is 10.5 Å². The van der Waals surface area contributed by atoms with Crippen LogP contribution < -0.4 is 10.2 Å². The summed E-state index contributed by atoms with van der Waals surface area (Å²) in [6.07, 6.45) is 2.78. The van der Waals surface area contributed by atoms with Gasteiger partial charge in [-0.2, -0.15) is 0 Å². The smallest absolute Gasteiger partial charge is 0.317 e. The van der Waals surface area contributed by atoms with Gasteiger partial charge in [0.2, 0.25) is 5.91 Å². The Labute approximate surface area is 136 Å². The minimum absolute atomic E-state index is 0.0223. The average molecular weight is 317 g/mol. The largest absolute Gasteiger partial charge is 0.376 e. The molecule has 0 aromatic heterocycles. The molecule has 2 heterocycles. The Hall–Kier alpha value is -2.08. The number of nitrogens with one attached hydrogen (secondary N) is 1. The first kappa shape index (κ1) is 15.8. The molecule has 124 valence electrons. The van der Waals surface area contributed by atoms with Crippen molar-refractivity contribution in [2.75, 3.05) is 31.6 Å². The molecule has 0 spiro atoms. The van der Waals surface area contributed by atoms with E-state index in [1.807, 2.05) is 30.3 Å². The molecule has 6 heteroatoms. The molecule has 1 aromatic rings. The van der Waals surface area contributed by atoms with Crippen LogP contribution >= 0.6 is 0 Å². The second kappa shape index (κ2) is 7.00. The third kappa shape index (κ3) is 3.47. The molecular weight excluding hydrogens is 294 g/mol. The highest BCUT2D eigenvalue weighted by Gasteiger charge is 2.37.